The van der Waals surface area contributed by atoms with E-state index in [4.69, 9.17) is 9.47 Å². The fourth-order valence-corrected chi connectivity index (χ4v) is 3.22. The second kappa shape index (κ2) is 7.79. The standard InChI is InChI=1S/C19H23N5O3/c1-2-23-7-9-24(10-8-23)19-20-6-5-15(22-19)18(25)21-12-14-3-4-16-17(11-14)27-13-26-16/h3-6,11H,2,7-10,12-13H2,1H3,(H,21,25). The van der Waals surface area contributed by atoms with Crippen molar-refractivity contribution in [2.24, 2.45) is 0 Å². The molecule has 1 saturated heterocycles. The number of piperazine rings is 1. The number of hydrogen-bond acceptors (Lipinski definition) is 7. The topological polar surface area (TPSA) is 79.8 Å². The molecule has 0 radical (unpaired) electrons. The van der Waals surface area contributed by atoms with Crippen LogP contribution in [0.4, 0.5) is 5.95 Å². The fourth-order valence-electron chi connectivity index (χ4n) is 3.22. The number of nitrogens with zero attached hydrogens (tertiary/aromatic N) is 4. The van der Waals surface area contributed by atoms with Crippen molar-refractivity contribution in [3.63, 3.8) is 0 Å². The van der Waals surface area contributed by atoms with Gasteiger partial charge in [-0.25, -0.2) is 9.97 Å². The predicted octanol–water partition coefficient (Wildman–Crippen LogP) is 1.28. The summed E-state index contributed by atoms with van der Waals surface area (Å²) in [6.45, 7) is 7.56. The molecule has 0 saturated carbocycles. The van der Waals surface area contributed by atoms with E-state index in [0.29, 0.717) is 23.9 Å². The van der Waals surface area contributed by atoms with E-state index in [1.165, 1.54) is 0 Å². The fraction of sp³-hybridized carbons (Fsp3) is 0.421. The number of ether oxygens (including phenoxy) is 2. The van der Waals surface area contributed by atoms with Crippen LogP contribution >= 0.6 is 0 Å². The van der Waals surface area contributed by atoms with Gasteiger partial charge in [-0.15, -0.1) is 0 Å². The number of carbonyl (C=O) groups is 1. The minimum absolute atomic E-state index is 0.219. The Kier molecular flexibility index (Phi) is 5.06. The summed E-state index contributed by atoms with van der Waals surface area (Å²) < 4.78 is 10.7. The molecule has 27 heavy (non-hydrogen) atoms. The third-order valence-corrected chi connectivity index (χ3v) is 4.87. The van der Waals surface area contributed by atoms with E-state index in [2.05, 4.69) is 32.0 Å². The smallest absolute Gasteiger partial charge is 0.270 e. The Labute approximate surface area is 158 Å². The molecule has 142 valence electrons. The highest BCUT2D eigenvalue weighted by molar-refractivity contribution is 5.92. The maximum Gasteiger partial charge on any atom is 0.270 e. The first-order valence-electron chi connectivity index (χ1n) is 9.20. The Balaban J connectivity index is 1.37. The Morgan fingerprint density at radius 2 is 1.96 bits per heavy atom. The quantitative estimate of drug-likeness (QED) is 0.850. The Morgan fingerprint density at radius 3 is 2.78 bits per heavy atom. The maximum absolute atomic E-state index is 12.5. The van der Waals surface area contributed by atoms with Crippen LogP contribution in [-0.2, 0) is 6.54 Å². The van der Waals surface area contributed by atoms with Crippen LogP contribution in [0, 0.1) is 0 Å². The first-order chi connectivity index (χ1) is 13.2. The van der Waals surface area contributed by atoms with E-state index < -0.39 is 0 Å². The van der Waals surface area contributed by atoms with Gasteiger partial charge in [0, 0.05) is 38.9 Å². The van der Waals surface area contributed by atoms with E-state index in [-0.39, 0.29) is 12.7 Å². The molecule has 1 aromatic heterocycles. The summed E-state index contributed by atoms with van der Waals surface area (Å²) in [5, 5.41) is 2.90. The molecule has 0 unspecified atom stereocenters. The van der Waals surface area contributed by atoms with Crippen LogP contribution in [0.15, 0.2) is 30.5 Å². The number of nitrogens with one attached hydrogen (secondary N) is 1. The lowest BCUT2D eigenvalue weighted by Crippen LogP contribution is -2.46. The molecule has 1 aromatic carbocycles. The molecular weight excluding hydrogens is 346 g/mol. The van der Waals surface area contributed by atoms with Crippen molar-refractivity contribution in [1.82, 2.24) is 20.2 Å². The number of benzene rings is 1. The van der Waals surface area contributed by atoms with Gasteiger partial charge in [0.15, 0.2) is 11.5 Å². The van der Waals surface area contributed by atoms with Crippen molar-refractivity contribution in [3.8, 4) is 11.5 Å². The average molecular weight is 369 g/mol. The molecule has 3 heterocycles. The highest BCUT2D eigenvalue weighted by Crippen LogP contribution is 2.32. The molecule has 0 bridgehead atoms. The van der Waals surface area contributed by atoms with Crippen molar-refractivity contribution in [3.05, 3.63) is 41.7 Å². The number of fused-ring (bicyclic) bond motifs is 1. The largest absolute Gasteiger partial charge is 0.454 e. The summed E-state index contributed by atoms with van der Waals surface area (Å²) in [6, 6.07) is 7.27. The van der Waals surface area contributed by atoms with Gasteiger partial charge in [-0.2, -0.15) is 0 Å². The van der Waals surface area contributed by atoms with Crippen molar-refractivity contribution in [2.45, 2.75) is 13.5 Å². The number of hydrogen-bond donors (Lipinski definition) is 1. The second-order valence-corrected chi connectivity index (χ2v) is 6.53. The summed E-state index contributed by atoms with van der Waals surface area (Å²) in [4.78, 5) is 25.8. The van der Waals surface area contributed by atoms with Crippen molar-refractivity contribution >= 4 is 11.9 Å². The van der Waals surface area contributed by atoms with E-state index in [0.717, 1.165) is 44.0 Å². The molecule has 1 amide bonds. The minimum Gasteiger partial charge on any atom is -0.454 e. The van der Waals surface area contributed by atoms with Crippen LogP contribution in [0.2, 0.25) is 0 Å². The number of anilines is 1. The number of amides is 1. The Morgan fingerprint density at radius 1 is 1.15 bits per heavy atom. The number of aromatic nitrogens is 2. The highest BCUT2D eigenvalue weighted by Gasteiger charge is 2.19. The number of rotatable bonds is 5. The predicted molar refractivity (Wildman–Crippen MR) is 100 cm³/mol. The lowest BCUT2D eigenvalue weighted by atomic mass is 10.2. The minimum atomic E-state index is -0.219. The molecule has 8 nitrogen and oxygen atoms in total. The van der Waals surface area contributed by atoms with Gasteiger partial charge in [-0.3, -0.25) is 4.79 Å². The first kappa shape index (κ1) is 17.5. The number of likely N-dealkylation sites (N-methyl/N-ethyl adjacent to an activating group) is 1. The van der Waals surface area contributed by atoms with Gasteiger partial charge in [0.2, 0.25) is 12.7 Å². The zero-order chi connectivity index (χ0) is 18.6. The molecule has 4 rings (SSSR count). The van der Waals surface area contributed by atoms with E-state index in [1.54, 1.807) is 12.3 Å². The van der Waals surface area contributed by atoms with Crippen molar-refractivity contribution < 1.29 is 14.3 Å². The van der Waals surface area contributed by atoms with Crippen LogP contribution in [0.25, 0.3) is 0 Å². The molecular formula is C19H23N5O3. The molecule has 2 aromatic rings. The lowest BCUT2D eigenvalue weighted by Gasteiger charge is -2.34. The van der Waals surface area contributed by atoms with Gasteiger partial charge >= 0.3 is 0 Å². The molecule has 0 aliphatic carbocycles. The first-order valence-corrected chi connectivity index (χ1v) is 9.20. The summed E-state index contributed by atoms with van der Waals surface area (Å²) in [5.74, 6) is 1.83. The summed E-state index contributed by atoms with van der Waals surface area (Å²) in [7, 11) is 0. The summed E-state index contributed by atoms with van der Waals surface area (Å²) >= 11 is 0. The van der Waals surface area contributed by atoms with Crippen LogP contribution in [0.3, 0.4) is 0 Å². The lowest BCUT2D eigenvalue weighted by molar-refractivity contribution is 0.0945. The zero-order valence-corrected chi connectivity index (χ0v) is 15.4. The molecule has 1 fully saturated rings. The SMILES string of the molecule is CCN1CCN(c2nccc(C(=O)NCc3ccc4c(c3)OCO4)n2)CC1. The summed E-state index contributed by atoms with van der Waals surface area (Å²) in [5.41, 5.74) is 1.32. The van der Waals surface area contributed by atoms with Gasteiger partial charge in [-0.1, -0.05) is 13.0 Å². The Hall–Kier alpha value is -2.87. The third kappa shape index (κ3) is 3.95. The molecule has 0 atom stereocenters. The molecule has 0 spiro atoms. The van der Waals surface area contributed by atoms with Crippen LogP contribution in [0.1, 0.15) is 23.0 Å². The average Bonchev–Trinajstić information content (AvgIpc) is 3.20. The van der Waals surface area contributed by atoms with Crippen molar-refractivity contribution in [1.29, 1.82) is 0 Å². The van der Waals surface area contributed by atoms with Gasteiger partial charge in [-0.05, 0) is 30.3 Å². The monoisotopic (exact) mass is 369 g/mol. The molecule has 8 heteroatoms. The maximum atomic E-state index is 12.5. The number of carbonyl (C=O) groups excluding carboxylic acids is 1. The van der Waals surface area contributed by atoms with Crippen molar-refractivity contribution in [2.75, 3.05) is 44.4 Å². The molecule has 2 aliphatic heterocycles. The zero-order valence-electron chi connectivity index (χ0n) is 15.4. The second-order valence-electron chi connectivity index (χ2n) is 6.53. The van der Waals surface area contributed by atoms with Gasteiger partial charge in [0.25, 0.3) is 5.91 Å². The normalized spacial score (nSPS) is 16.4. The Bertz CT molecular complexity index is 821. The van der Waals surface area contributed by atoms with E-state index in [9.17, 15) is 4.79 Å². The van der Waals surface area contributed by atoms with Crippen LogP contribution in [0.5, 0.6) is 11.5 Å². The highest BCUT2D eigenvalue weighted by atomic mass is 16.7. The van der Waals surface area contributed by atoms with Gasteiger partial charge in [0.1, 0.15) is 5.69 Å². The third-order valence-electron chi connectivity index (χ3n) is 4.87. The van der Waals surface area contributed by atoms with E-state index in [1.807, 2.05) is 18.2 Å². The molecule has 2 aliphatic rings. The van der Waals surface area contributed by atoms with E-state index >= 15 is 0 Å². The van der Waals surface area contributed by atoms with Gasteiger partial charge in [0.05, 0.1) is 0 Å². The molecule has 1 N–H and O–H groups in total. The van der Waals surface area contributed by atoms with Gasteiger partial charge < -0.3 is 24.6 Å². The summed E-state index contributed by atoms with van der Waals surface area (Å²) in [6.07, 6.45) is 1.64. The van der Waals surface area contributed by atoms with Crippen LogP contribution < -0.4 is 19.7 Å². The van der Waals surface area contributed by atoms with Crippen LogP contribution in [-0.4, -0.2) is 60.3 Å².